The molecule has 0 unspecified atom stereocenters. The largest absolute Gasteiger partial charge is 0.465 e. The first-order chi connectivity index (χ1) is 11.2. The van der Waals surface area contributed by atoms with E-state index in [1.54, 1.807) is 0 Å². The minimum absolute atomic E-state index is 0.165. The number of nitrogens with one attached hydrogen (secondary N) is 2. The van der Waals surface area contributed by atoms with Crippen LogP contribution in [0.4, 0.5) is 5.69 Å². The van der Waals surface area contributed by atoms with Crippen molar-refractivity contribution in [1.29, 1.82) is 0 Å². The zero-order chi connectivity index (χ0) is 16.1. The zero-order valence-corrected chi connectivity index (χ0v) is 13.6. The lowest BCUT2D eigenvalue weighted by Crippen LogP contribution is -2.20. The average Bonchev–Trinajstić information content (AvgIpc) is 3.19. The number of amides is 1. The van der Waals surface area contributed by atoms with E-state index >= 15 is 0 Å². The molecule has 1 aromatic heterocycles. The number of hydrogen-bond acceptors (Lipinski definition) is 3. The number of hydrogen-bond donors (Lipinski definition) is 2. The second-order valence-electron chi connectivity index (χ2n) is 6.29. The molecule has 1 fully saturated rings. The van der Waals surface area contributed by atoms with Crippen LogP contribution < -0.4 is 10.6 Å². The second kappa shape index (κ2) is 7.47. The molecule has 4 nitrogen and oxygen atoms in total. The van der Waals surface area contributed by atoms with Crippen LogP contribution in [0.3, 0.4) is 0 Å². The van der Waals surface area contributed by atoms with E-state index in [2.05, 4.69) is 16.7 Å². The monoisotopic (exact) mass is 312 g/mol. The fraction of sp³-hybridized carbons (Fsp3) is 0.421. The number of carbonyl (C=O) groups excluding carboxylic acids is 1. The molecule has 1 aliphatic carbocycles. The van der Waals surface area contributed by atoms with Crippen molar-refractivity contribution < 1.29 is 9.21 Å². The SMILES string of the molecule is Cc1ccc(CNCc2cccc(NC(=O)C3CCCC3)c2)o1. The number of rotatable bonds is 6. The average molecular weight is 312 g/mol. The van der Waals surface area contributed by atoms with E-state index in [1.807, 2.05) is 37.3 Å². The van der Waals surface area contributed by atoms with Gasteiger partial charge in [0.1, 0.15) is 11.5 Å². The van der Waals surface area contributed by atoms with Crippen LogP contribution in [0.1, 0.15) is 42.8 Å². The summed E-state index contributed by atoms with van der Waals surface area (Å²) >= 11 is 0. The third-order valence-electron chi connectivity index (χ3n) is 4.34. The second-order valence-corrected chi connectivity index (χ2v) is 6.29. The van der Waals surface area contributed by atoms with Gasteiger partial charge in [0.05, 0.1) is 6.54 Å². The normalized spacial score (nSPS) is 15.0. The molecule has 1 heterocycles. The molecule has 2 N–H and O–H groups in total. The summed E-state index contributed by atoms with van der Waals surface area (Å²) in [5.74, 6) is 2.23. The molecule has 1 amide bonds. The van der Waals surface area contributed by atoms with Crippen LogP contribution in [-0.4, -0.2) is 5.91 Å². The Balaban J connectivity index is 1.51. The molecular formula is C19H24N2O2. The van der Waals surface area contributed by atoms with Crippen molar-refractivity contribution in [3.05, 3.63) is 53.5 Å². The number of furan rings is 1. The molecule has 1 aliphatic rings. The Morgan fingerprint density at radius 1 is 1.17 bits per heavy atom. The maximum atomic E-state index is 12.2. The number of carbonyl (C=O) groups is 1. The van der Waals surface area contributed by atoms with E-state index in [9.17, 15) is 4.79 Å². The van der Waals surface area contributed by atoms with Crippen molar-refractivity contribution in [3.8, 4) is 0 Å². The Morgan fingerprint density at radius 2 is 2.00 bits per heavy atom. The van der Waals surface area contributed by atoms with Gasteiger partial charge in [-0.2, -0.15) is 0 Å². The smallest absolute Gasteiger partial charge is 0.227 e. The van der Waals surface area contributed by atoms with E-state index in [0.717, 1.165) is 42.2 Å². The molecule has 1 saturated carbocycles. The highest BCUT2D eigenvalue weighted by Gasteiger charge is 2.22. The van der Waals surface area contributed by atoms with Gasteiger partial charge in [0, 0.05) is 18.2 Å². The number of aryl methyl sites for hydroxylation is 1. The highest BCUT2D eigenvalue weighted by atomic mass is 16.3. The number of anilines is 1. The van der Waals surface area contributed by atoms with E-state index in [0.29, 0.717) is 6.54 Å². The highest BCUT2D eigenvalue weighted by molar-refractivity contribution is 5.92. The van der Waals surface area contributed by atoms with Gasteiger partial charge in [-0.05, 0) is 49.6 Å². The quantitative estimate of drug-likeness (QED) is 0.847. The molecule has 0 atom stereocenters. The molecule has 3 rings (SSSR count). The lowest BCUT2D eigenvalue weighted by Gasteiger charge is -2.11. The summed E-state index contributed by atoms with van der Waals surface area (Å²) in [4.78, 5) is 12.2. The van der Waals surface area contributed by atoms with E-state index in [-0.39, 0.29) is 11.8 Å². The van der Waals surface area contributed by atoms with Crippen molar-refractivity contribution in [2.75, 3.05) is 5.32 Å². The van der Waals surface area contributed by atoms with Crippen LogP contribution in [0, 0.1) is 12.8 Å². The summed E-state index contributed by atoms with van der Waals surface area (Å²) in [5.41, 5.74) is 2.03. The molecule has 0 bridgehead atoms. The standard InChI is InChI=1S/C19H24N2O2/c1-14-9-10-18(23-14)13-20-12-15-5-4-8-17(11-15)21-19(22)16-6-2-3-7-16/h4-5,8-11,16,20H,2-3,6-7,12-13H2,1H3,(H,21,22). The maximum absolute atomic E-state index is 12.2. The van der Waals surface area contributed by atoms with Gasteiger partial charge in [0.15, 0.2) is 0 Å². The summed E-state index contributed by atoms with van der Waals surface area (Å²) in [5, 5.41) is 6.41. The predicted molar refractivity (Wildman–Crippen MR) is 91.0 cm³/mol. The van der Waals surface area contributed by atoms with Crippen LogP contribution >= 0.6 is 0 Å². The Morgan fingerprint density at radius 3 is 2.74 bits per heavy atom. The van der Waals surface area contributed by atoms with Gasteiger partial charge in [0.2, 0.25) is 5.91 Å². The fourth-order valence-corrected chi connectivity index (χ4v) is 3.10. The number of benzene rings is 1. The van der Waals surface area contributed by atoms with E-state index in [4.69, 9.17) is 4.42 Å². The Bertz CT molecular complexity index is 657. The molecule has 4 heteroatoms. The molecule has 23 heavy (non-hydrogen) atoms. The third kappa shape index (κ3) is 4.45. The first kappa shape index (κ1) is 15.8. The molecular weight excluding hydrogens is 288 g/mol. The van der Waals surface area contributed by atoms with Gasteiger partial charge >= 0.3 is 0 Å². The van der Waals surface area contributed by atoms with Gasteiger partial charge < -0.3 is 15.1 Å². The van der Waals surface area contributed by atoms with Crippen molar-refractivity contribution in [2.45, 2.75) is 45.7 Å². The summed E-state index contributed by atoms with van der Waals surface area (Å²) in [6.45, 7) is 3.39. The first-order valence-electron chi connectivity index (χ1n) is 8.36. The molecule has 0 saturated heterocycles. The van der Waals surface area contributed by atoms with E-state index in [1.165, 1.54) is 12.8 Å². The van der Waals surface area contributed by atoms with E-state index < -0.39 is 0 Å². The maximum Gasteiger partial charge on any atom is 0.227 e. The van der Waals surface area contributed by atoms with Crippen molar-refractivity contribution >= 4 is 11.6 Å². The zero-order valence-electron chi connectivity index (χ0n) is 13.6. The Kier molecular flexibility index (Phi) is 5.13. The lowest BCUT2D eigenvalue weighted by molar-refractivity contribution is -0.119. The summed E-state index contributed by atoms with van der Waals surface area (Å²) < 4.78 is 5.54. The fourth-order valence-electron chi connectivity index (χ4n) is 3.10. The van der Waals surface area contributed by atoms with Crippen molar-refractivity contribution in [2.24, 2.45) is 5.92 Å². The third-order valence-corrected chi connectivity index (χ3v) is 4.34. The van der Waals surface area contributed by atoms with Crippen LogP contribution in [0.2, 0.25) is 0 Å². The topological polar surface area (TPSA) is 54.3 Å². The highest BCUT2D eigenvalue weighted by Crippen LogP contribution is 2.26. The molecule has 122 valence electrons. The summed E-state index contributed by atoms with van der Waals surface area (Å²) in [6, 6.07) is 12.0. The molecule has 1 aromatic carbocycles. The van der Waals surface area contributed by atoms with Crippen molar-refractivity contribution in [3.63, 3.8) is 0 Å². The van der Waals surface area contributed by atoms with Gasteiger partial charge in [-0.3, -0.25) is 4.79 Å². The Labute approximate surface area is 137 Å². The van der Waals surface area contributed by atoms with Crippen LogP contribution in [-0.2, 0) is 17.9 Å². The minimum Gasteiger partial charge on any atom is -0.465 e. The summed E-state index contributed by atoms with van der Waals surface area (Å²) in [6.07, 6.45) is 4.40. The van der Waals surface area contributed by atoms with Crippen LogP contribution in [0.15, 0.2) is 40.8 Å². The molecule has 0 aliphatic heterocycles. The Hall–Kier alpha value is -2.07. The predicted octanol–water partition coefficient (Wildman–Crippen LogP) is 4.01. The first-order valence-corrected chi connectivity index (χ1v) is 8.36. The van der Waals surface area contributed by atoms with Gasteiger partial charge in [-0.15, -0.1) is 0 Å². The molecule has 2 aromatic rings. The lowest BCUT2D eigenvalue weighted by atomic mass is 10.1. The molecule has 0 spiro atoms. The van der Waals surface area contributed by atoms with Crippen molar-refractivity contribution in [1.82, 2.24) is 5.32 Å². The van der Waals surface area contributed by atoms with Gasteiger partial charge in [-0.25, -0.2) is 0 Å². The minimum atomic E-state index is 0.165. The summed E-state index contributed by atoms with van der Waals surface area (Å²) in [7, 11) is 0. The van der Waals surface area contributed by atoms with Gasteiger partial charge in [0.25, 0.3) is 0 Å². The van der Waals surface area contributed by atoms with Gasteiger partial charge in [-0.1, -0.05) is 25.0 Å². The van der Waals surface area contributed by atoms with Crippen LogP contribution in [0.5, 0.6) is 0 Å². The molecule has 0 radical (unpaired) electrons. The van der Waals surface area contributed by atoms with Crippen LogP contribution in [0.25, 0.3) is 0 Å².